The zero-order valence-corrected chi connectivity index (χ0v) is 13.7. The number of benzene rings is 1. The van der Waals surface area contributed by atoms with Crippen molar-refractivity contribution in [2.24, 2.45) is 5.92 Å². The third-order valence-corrected chi connectivity index (χ3v) is 4.58. The van der Waals surface area contributed by atoms with Crippen LogP contribution in [0.5, 0.6) is 5.75 Å². The number of nitrogens with one attached hydrogen (secondary N) is 1. The van der Waals surface area contributed by atoms with Crippen molar-refractivity contribution >= 4 is 11.3 Å². The molecule has 2 aromatic rings. The molecule has 0 saturated carbocycles. The summed E-state index contributed by atoms with van der Waals surface area (Å²) in [6, 6.07) is 9.36. The molecule has 0 aliphatic heterocycles. The quantitative estimate of drug-likeness (QED) is 0.816. The van der Waals surface area contributed by atoms with Crippen LogP contribution in [0.15, 0.2) is 35.7 Å². The van der Waals surface area contributed by atoms with E-state index in [1.165, 1.54) is 10.9 Å². The lowest BCUT2D eigenvalue weighted by molar-refractivity contribution is 0.371. The predicted molar refractivity (Wildman–Crippen MR) is 86.4 cm³/mol. The van der Waals surface area contributed by atoms with Gasteiger partial charge in [0.2, 0.25) is 0 Å². The Morgan fingerprint density at radius 1 is 1.19 bits per heavy atom. The molecule has 114 valence electrons. The van der Waals surface area contributed by atoms with Gasteiger partial charge in [0.1, 0.15) is 11.6 Å². The molecule has 0 fully saturated rings. The van der Waals surface area contributed by atoms with E-state index in [4.69, 9.17) is 4.74 Å². The van der Waals surface area contributed by atoms with Crippen LogP contribution >= 0.6 is 11.3 Å². The number of halogens is 1. The summed E-state index contributed by atoms with van der Waals surface area (Å²) in [5.74, 6) is 0.748. The Morgan fingerprint density at radius 2 is 1.95 bits per heavy atom. The number of methoxy groups -OCH3 is 1. The van der Waals surface area contributed by atoms with Gasteiger partial charge in [-0.3, -0.25) is 0 Å². The topological polar surface area (TPSA) is 21.3 Å². The fraction of sp³-hybridized carbons (Fsp3) is 0.412. The minimum atomic E-state index is -0.233. The highest BCUT2D eigenvalue weighted by Gasteiger charge is 2.21. The number of hydrogen-bond donors (Lipinski definition) is 1. The van der Waals surface area contributed by atoms with E-state index in [1.807, 2.05) is 6.92 Å². The van der Waals surface area contributed by atoms with Crippen molar-refractivity contribution in [1.82, 2.24) is 5.32 Å². The SMILES string of the molecule is COc1ccc(C(C)NC(c2cccs2)C(C)C)c(F)c1. The maximum atomic E-state index is 14.2. The second-order valence-corrected chi connectivity index (χ2v) is 6.49. The van der Waals surface area contributed by atoms with E-state index in [9.17, 15) is 4.39 Å². The summed E-state index contributed by atoms with van der Waals surface area (Å²) in [6.07, 6.45) is 0. The van der Waals surface area contributed by atoms with Gasteiger partial charge >= 0.3 is 0 Å². The lowest BCUT2D eigenvalue weighted by atomic mass is 9.99. The number of ether oxygens (including phenoxy) is 1. The summed E-state index contributed by atoms with van der Waals surface area (Å²) in [7, 11) is 1.54. The molecule has 2 unspecified atom stereocenters. The molecule has 1 N–H and O–H groups in total. The van der Waals surface area contributed by atoms with Crippen LogP contribution in [-0.2, 0) is 0 Å². The lowest BCUT2D eigenvalue weighted by Crippen LogP contribution is -2.28. The van der Waals surface area contributed by atoms with Gasteiger partial charge in [0, 0.05) is 28.6 Å². The summed E-state index contributed by atoms with van der Waals surface area (Å²) in [6.45, 7) is 6.34. The molecule has 2 rings (SSSR count). The Labute approximate surface area is 130 Å². The van der Waals surface area contributed by atoms with Gasteiger partial charge in [0.05, 0.1) is 7.11 Å². The molecule has 0 saturated heterocycles. The van der Waals surface area contributed by atoms with E-state index in [-0.39, 0.29) is 17.9 Å². The fourth-order valence-corrected chi connectivity index (χ4v) is 3.37. The molecule has 2 atom stereocenters. The number of thiophene rings is 1. The van der Waals surface area contributed by atoms with Gasteiger partial charge in [-0.1, -0.05) is 26.0 Å². The molecule has 21 heavy (non-hydrogen) atoms. The van der Waals surface area contributed by atoms with Gasteiger partial charge in [0.25, 0.3) is 0 Å². The summed E-state index contributed by atoms with van der Waals surface area (Å²) in [4.78, 5) is 1.28. The molecule has 0 spiro atoms. The standard InChI is InChI=1S/C17H22FNOS/c1-11(2)17(16-6-5-9-21-16)19-12(3)14-8-7-13(20-4)10-15(14)18/h5-12,17,19H,1-4H3. The van der Waals surface area contributed by atoms with Crippen LogP contribution in [0.4, 0.5) is 4.39 Å². The van der Waals surface area contributed by atoms with Gasteiger partial charge in [-0.25, -0.2) is 4.39 Å². The Morgan fingerprint density at radius 3 is 2.48 bits per heavy atom. The molecule has 2 nitrogen and oxygen atoms in total. The molecule has 0 radical (unpaired) electrons. The predicted octanol–water partition coefficient (Wildman–Crippen LogP) is 4.94. The Hall–Kier alpha value is -1.39. The Balaban J connectivity index is 2.17. The third-order valence-electron chi connectivity index (χ3n) is 3.62. The smallest absolute Gasteiger partial charge is 0.131 e. The second-order valence-electron chi connectivity index (χ2n) is 5.51. The molecule has 0 bridgehead atoms. The Kier molecular flexibility index (Phi) is 5.37. The average molecular weight is 307 g/mol. The zero-order valence-electron chi connectivity index (χ0n) is 12.9. The maximum Gasteiger partial charge on any atom is 0.131 e. The van der Waals surface area contributed by atoms with Gasteiger partial charge in [-0.2, -0.15) is 0 Å². The van der Waals surface area contributed by atoms with Gasteiger partial charge in [-0.05, 0) is 30.4 Å². The van der Waals surface area contributed by atoms with Crippen molar-refractivity contribution in [3.05, 3.63) is 52.0 Å². The van der Waals surface area contributed by atoms with E-state index in [0.29, 0.717) is 17.2 Å². The molecule has 0 aliphatic rings. The highest BCUT2D eigenvalue weighted by Crippen LogP contribution is 2.30. The van der Waals surface area contributed by atoms with Crippen molar-refractivity contribution in [3.63, 3.8) is 0 Å². The average Bonchev–Trinajstić information content (AvgIpc) is 2.97. The van der Waals surface area contributed by atoms with E-state index < -0.39 is 0 Å². The molecule has 0 aliphatic carbocycles. The van der Waals surface area contributed by atoms with Gasteiger partial charge in [-0.15, -0.1) is 11.3 Å². The fourth-order valence-electron chi connectivity index (χ4n) is 2.42. The Bertz CT molecular complexity index is 568. The first-order chi connectivity index (χ1) is 10.0. The molecule has 1 heterocycles. The second kappa shape index (κ2) is 7.05. The van der Waals surface area contributed by atoms with Crippen molar-refractivity contribution in [3.8, 4) is 5.75 Å². The highest BCUT2D eigenvalue weighted by atomic mass is 32.1. The summed E-state index contributed by atoms with van der Waals surface area (Å²) < 4.78 is 19.2. The van der Waals surface area contributed by atoms with Crippen LogP contribution in [0, 0.1) is 11.7 Å². The molecule has 0 amide bonds. The van der Waals surface area contributed by atoms with Crippen LogP contribution in [-0.4, -0.2) is 7.11 Å². The normalized spacial score (nSPS) is 14.2. The minimum absolute atomic E-state index is 0.0644. The summed E-state index contributed by atoms with van der Waals surface area (Å²) in [5, 5.41) is 5.62. The molecule has 1 aromatic heterocycles. The van der Waals surface area contributed by atoms with Gasteiger partial charge in [0.15, 0.2) is 0 Å². The van der Waals surface area contributed by atoms with Crippen molar-refractivity contribution in [2.75, 3.05) is 7.11 Å². The van der Waals surface area contributed by atoms with Gasteiger partial charge < -0.3 is 10.1 Å². The molecule has 4 heteroatoms. The number of rotatable bonds is 6. The summed E-state index contributed by atoms with van der Waals surface area (Å²) in [5.41, 5.74) is 0.665. The van der Waals surface area contributed by atoms with Crippen LogP contribution < -0.4 is 10.1 Å². The van der Waals surface area contributed by atoms with E-state index in [0.717, 1.165) is 0 Å². The van der Waals surface area contributed by atoms with Crippen molar-refractivity contribution < 1.29 is 9.13 Å². The molecular weight excluding hydrogens is 285 g/mol. The first-order valence-electron chi connectivity index (χ1n) is 7.15. The number of hydrogen-bond acceptors (Lipinski definition) is 3. The minimum Gasteiger partial charge on any atom is -0.497 e. The van der Waals surface area contributed by atoms with Crippen molar-refractivity contribution in [2.45, 2.75) is 32.9 Å². The van der Waals surface area contributed by atoms with Crippen LogP contribution in [0.3, 0.4) is 0 Å². The maximum absolute atomic E-state index is 14.2. The van der Waals surface area contributed by atoms with Crippen LogP contribution in [0.2, 0.25) is 0 Å². The van der Waals surface area contributed by atoms with Crippen LogP contribution in [0.25, 0.3) is 0 Å². The molecule has 1 aromatic carbocycles. The highest BCUT2D eigenvalue weighted by molar-refractivity contribution is 7.10. The first-order valence-corrected chi connectivity index (χ1v) is 8.03. The first kappa shape index (κ1) is 16.0. The molecular formula is C17H22FNOS. The van der Waals surface area contributed by atoms with E-state index in [1.54, 1.807) is 30.6 Å². The third kappa shape index (κ3) is 3.83. The van der Waals surface area contributed by atoms with E-state index >= 15 is 0 Å². The van der Waals surface area contributed by atoms with Crippen LogP contribution in [0.1, 0.15) is 43.3 Å². The lowest BCUT2D eigenvalue weighted by Gasteiger charge is -2.26. The van der Waals surface area contributed by atoms with Crippen molar-refractivity contribution in [1.29, 1.82) is 0 Å². The summed E-state index contributed by atoms with van der Waals surface area (Å²) >= 11 is 1.73. The van der Waals surface area contributed by atoms with E-state index in [2.05, 4.69) is 36.7 Å². The monoisotopic (exact) mass is 307 g/mol. The largest absolute Gasteiger partial charge is 0.497 e. The zero-order chi connectivity index (χ0) is 15.4.